The van der Waals surface area contributed by atoms with Crippen LogP contribution in [0.1, 0.15) is 41.6 Å². The van der Waals surface area contributed by atoms with Crippen LogP contribution in [-0.4, -0.2) is 33.3 Å². The zero-order valence-electron chi connectivity index (χ0n) is 14.3. The lowest BCUT2D eigenvalue weighted by atomic mass is 9.93. The molecule has 0 amide bonds. The van der Waals surface area contributed by atoms with Crippen molar-refractivity contribution < 1.29 is 15.0 Å². The summed E-state index contributed by atoms with van der Waals surface area (Å²) >= 11 is 0. The third-order valence-electron chi connectivity index (χ3n) is 4.96. The van der Waals surface area contributed by atoms with Crippen LogP contribution in [0.15, 0.2) is 54.3 Å². The van der Waals surface area contributed by atoms with E-state index in [9.17, 15) is 9.90 Å². The summed E-state index contributed by atoms with van der Waals surface area (Å²) < 4.78 is 0. The molecule has 4 rings (SSSR count). The number of aromatic carboxylic acids is 1. The van der Waals surface area contributed by atoms with E-state index in [1.807, 2.05) is 23.4 Å². The highest BCUT2D eigenvalue weighted by molar-refractivity contribution is 5.88. The zero-order valence-corrected chi connectivity index (χ0v) is 14.3. The number of fused-ring (bicyclic) bond motifs is 1. The Morgan fingerprint density at radius 3 is 2.54 bits per heavy atom. The zero-order chi connectivity index (χ0) is 18.1. The number of benzene rings is 1. The minimum absolute atomic E-state index is 0.168. The summed E-state index contributed by atoms with van der Waals surface area (Å²) in [6.07, 6.45) is 9.28. The Kier molecular flexibility index (Phi) is 4.30. The van der Waals surface area contributed by atoms with Crippen LogP contribution in [0.25, 0.3) is 5.70 Å². The molecule has 0 atom stereocenters. The van der Waals surface area contributed by atoms with Crippen LogP contribution in [0.2, 0.25) is 0 Å². The van der Waals surface area contributed by atoms with Gasteiger partial charge in [0.2, 0.25) is 0 Å². The minimum atomic E-state index is -0.932. The molecule has 136 valence electrons. The predicted octanol–water partition coefficient (Wildman–Crippen LogP) is 1.68. The fourth-order valence-electron chi connectivity index (χ4n) is 3.48. The molecule has 1 fully saturated rings. The van der Waals surface area contributed by atoms with E-state index in [2.05, 4.69) is 16.1 Å². The van der Waals surface area contributed by atoms with Gasteiger partial charge in [0, 0.05) is 17.8 Å². The van der Waals surface area contributed by atoms with E-state index in [0.717, 1.165) is 48.6 Å². The molecule has 26 heavy (non-hydrogen) atoms. The van der Waals surface area contributed by atoms with E-state index in [0.29, 0.717) is 6.04 Å². The van der Waals surface area contributed by atoms with Crippen molar-refractivity contribution in [1.82, 2.24) is 21.1 Å². The molecule has 2 aliphatic heterocycles. The van der Waals surface area contributed by atoms with Crippen molar-refractivity contribution in [1.29, 1.82) is 0 Å². The average molecular weight is 354 g/mol. The molecule has 1 saturated carbocycles. The van der Waals surface area contributed by atoms with Gasteiger partial charge in [-0.2, -0.15) is 0 Å². The normalized spacial score (nSPS) is 24.5. The van der Waals surface area contributed by atoms with Gasteiger partial charge in [-0.3, -0.25) is 5.43 Å². The lowest BCUT2D eigenvalue weighted by Gasteiger charge is -2.33. The van der Waals surface area contributed by atoms with Crippen molar-refractivity contribution in [2.75, 3.05) is 0 Å². The van der Waals surface area contributed by atoms with Gasteiger partial charge in [0.05, 0.1) is 17.4 Å². The second kappa shape index (κ2) is 6.76. The smallest absolute Gasteiger partial charge is 0.335 e. The highest BCUT2D eigenvalue weighted by Gasteiger charge is 2.26. The van der Waals surface area contributed by atoms with Gasteiger partial charge < -0.3 is 20.8 Å². The van der Waals surface area contributed by atoms with Crippen LogP contribution < -0.4 is 16.1 Å². The van der Waals surface area contributed by atoms with Gasteiger partial charge in [0.25, 0.3) is 0 Å². The van der Waals surface area contributed by atoms with Crippen molar-refractivity contribution in [3.8, 4) is 0 Å². The predicted molar refractivity (Wildman–Crippen MR) is 97.1 cm³/mol. The van der Waals surface area contributed by atoms with Crippen LogP contribution in [0.5, 0.6) is 0 Å². The molecule has 1 aliphatic carbocycles. The maximum Gasteiger partial charge on any atom is 0.335 e. The van der Waals surface area contributed by atoms with Gasteiger partial charge in [-0.1, -0.05) is 12.1 Å². The Balaban J connectivity index is 1.45. The second-order valence-corrected chi connectivity index (χ2v) is 6.79. The summed E-state index contributed by atoms with van der Waals surface area (Å²) in [6.45, 7) is 0. The lowest BCUT2D eigenvalue weighted by molar-refractivity contribution is 0.0697. The third-order valence-corrected chi connectivity index (χ3v) is 4.96. The van der Waals surface area contributed by atoms with Gasteiger partial charge in [-0.15, -0.1) is 0 Å². The van der Waals surface area contributed by atoms with Gasteiger partial charge in [0.15, 0.2) is 0 Å². The topological polar surface area (TPSA) is 96.9 Å². The number of hydrazine groups is 1. The van der Waals surface area contributed by atoms with Gasteiger partial charge in [-0.25, -0.2) is 9.80 Å². The Morgan fingerprint density at radius 2 is 1.85 bits per heavy atom. The first-order valence-corrected chi connectivity index (χ1v) is 8.84. The molecule has 0 spiro atoms. The van der Waals surface area contributed by atoms with Crippen molar-refractivity contribution in [2.24, 2.45) is 0 Å². The summed E-state index contributed by atoms with van der Waals surface area (Å²) in [7, 11) is 0. The van der Waals surface area contributed by atoms with Crippen LogP contribution in [0, 0.1) is 0 Å². The first-order chi connectivity index (χ1) is 12.6. The first-order valence-electron chi connectivity index (χ1n) is 8.84. The molecule has 7 heteroatoms. The quantitative estimate of drug-likeness (QED) is 0.561. The average Bonchev–Trinajstić information content (AvgIpc) is 3.07. The number of carboxylic acid groups (broad SMARTS) is 1. The van der Waals surface area contributed by atoms with Gasteiger partial charge in [-0.05, 0) is 50.0 Å². The molecule has 0 radical (unpaired) electrons. The van der Waals surface area contributed by atoms with Crippen molar-refractivity contribution in [3.05, 3.63) is 65.4 Å². The maximum atomic E-state index is 11.0. The van der Waals surface area contributed by atoms with E-state index in [1.165, 1.54) is 0 Å². The van der Waals surface area contributed by atoms with Gasteiger partial charge in [0.1, 0.15) is 11.6 Å². The number of allylic oxidation sites excluding steroid dienone is 2. The van der Waals surface area contributed by atoms with Crippen LogP contribution in [-0.2, 0) is 0 Å². The number of aliphatic hydroxyl groups is 1. The van der Waals surface area contributed by atoms with Crippen LogP contribution >= 0.6 is 0 Å². The molecule has 0 unspecified atom stereocenters. The SMILES string of the molecule is O=C(O)c1ccc(C2=CNC3=CC=C(NC4CCC(O)CC4)NN32)cc1. The first kappa shape index (κ1) is 16.5. The number of aliphatic hydroxyl groups excluding tert-OH is 1. The Morgan fingerprint density at radius 1 is 1.12 bits per heavy atom. The van der Waals surface area contributed by atoms with E-state index >= 15 is 0 Å². The molecular formula is C19H22N4O3. The molecule has 1 aromatic rings. The number of nitrogens with one attached hydrogen (secondary N) is 3. The summed E-state index contributed by atoms with van der Waals surface area (Å²) in [6, 6.07) is 7.16. The molecule has 3 aliphatic rings. The van der Waals surface area contributed by atoms with E-state index in [4.69, 9.17) is 5.11 Å². The highest BCUT2D eigenvalue weighted by Crippen LogP contribution is 2.28. The third kappa shape index (κ3) is 3.25. The number of hydrogen-bond acceptors (Lipinski definition) is 6. The fraction of sp³-hybridized carbons (Fsp3) is 0.316. The van der Waals surface area contributed by atoms with Gasteiger partial charge >= 0.3 is 5.97 Å². The Bertz CT molecular complexity index is 790. The largest absolute Gasteiger partial charge is 0.478 e. The molecule has 0 bridgehead atoms. The highest BCUT2D eigenvalue weighted by atomic mass is 16.4. The van der Waals surface area contributed by atoms with E-state index < -0.39 is 5.97 Å². The summed E-state index contributed by atoms with van der Waals surface area (Å²) in [5, 5.41) is 27.3. The van der Waals surface area contributed by atoms with Crippen LogP contribution in [0.4, 0.5) is 0 Å². The molecule has 0 aromatic heterocycles. The number of carboxylic acids is 1. The number of rotatable bonds is 4. The Labute approximate surface area is 151 Å². The van der Waals surface area contributed by atoms with E-state index in [-0.39, 0.29) is 11.7 Å². The fourth-order valence-corrected chi connectivity index (χ4v) is 3.48. The molecule has 5 N–H and O–H groups in total. The molecular weight excluding hydrogens is 332 g/mol. The molecule has 1 aromatic carbocycles. The minimum Gasteiger partial charge on any atom is -0.478 e. The molecule has 2 heterocycles. The van der Waals surface area contributed by atoms with Crippen molar-refractivity contribution in [2.45, 2.75) is 37.8 Å². The lowest BCUT2D eigenvalue weighted by Crippen LogP contribution is -2.45. The maximum absolute atomic E-state index is 11.0. The summed E-state index contributed by atoms with van der Waals surface area (Å²) in [4.78, 5) is 11.0. The second-order valence-electron chi connectivity index (χ2n) is 6.79. The van der Waals surface area contributed by atoms with Crippen molar-refractivity contribution >= 4 is 11.7 Å². The molecule has 0 saturated heterocycles. The summed E-state index contributed by atoms with van der Waals surface area (Å²) in [5.41, 5.74) is 5.47. The number of nitrogens with zero attached hydrogens (tertiary/aromatic N) is 1. The van der Waals surface area contributed by atoms with Crippen LogP contribution in [0.3, 0.4) is 0 Å². The van der Waals surface area contributed by atoms with Crippen molar-refractivity contribution in [3.63, 3.8) is 0 Å². The Hall–Kier alpha value is -2.93. The monoisotopic (exact) mass is 354 g/mol. The standard InChI is InChI=1S/C19H22N4O3/c24-15-7-5-14(6-8-15)21-17-9-10-18-20-11-16(23(18)22-17)12-1-3-13(4-2-12)19(25)26/h1-4,9-11,14-15,20-22,24H,5-8H2,(H,25,26). The number of hydrogen-bond donors (Lipinski definition) is 5. The van der Waals surface area contributed by atoms with E-state index in [1.54, 1.807) is 24.3 Å². The summed E-state index contributed by atoms with van der Waals surface area (Å²) in [5.74, 6) is 0.887. The number of carbonyl (C=O) groups is 1. The molecule has 7 nitrogen and oxygen atoms in total.